The second-order valence-electron chi connectivity index (χ2n) is 8.65. The fourth-order valence-electron chi connectivity index (χ4n) is 4.28. The van der Waals surface area contributed by atoms with Gasteiger partial charge in [-0.25, -0.2) is 9.97 Å². The second-order valence-corrected chi connectivity index (χ2v) is 9.46. The van der Waals surface area contributed by atoms with Crippen LogP contribution >= 0.6 is 23.2 Å². The van der Waals surface area contributed by atoms with Gasteiger partial charge in [-0.3, -0.25) is 9.36 Å². The lowest BCUT2D eigenvalue weighted by molar-refractivity contribution is 0.146. The van der Waals surface area contributed by atoms with Crippen molar-refractivity contribution in [1.82, 2.24) is 19.5 Å². The summed E-state index contributed by atoms with van der Waals surface area (Å²) in [4.78, 5) is 26.4. The summed E-state index contributed by atoms with van der Waals surface area (Å²) in [5, 5.41) is 4.56. The van der Waals surface area contributed by atoms with Crippen molar-refractivity contribution in [2.75, 3.05) is 5.32 Å². The van der Waals surface area contributed by atoms with E-state index in [1.807, 2.05) is 6.07 Å². The number of anilines is 2. The Hall–Kier alpha value is -3.20. The van der Waals surface area contributed by atoms with E-state index in [2.05, 4.69) is 20.3 Å². The van der Waals surface area contributed by atoms with Gasteiger partial charge in [-0.05, 0) is 56.0 Å². The first-order valence-electron chi connectivity index (χ1n) is 11.4. The first kappa shape index (κ1) is 23.5. The van der Waals surface area contributed by atoms with Crippen LogP contribution in [-0.2, 0) is 7.05 Å². The number of hydrogen-bond donors (Lipinski definition) is 2. The fraction of sp³-hybridized carbons (Fsp3) is 0.280. The number of nitrogens with two attached hydrogens (primary N) is 1. The van der Waals surface area contributed by atoms with Gasteiger partial charge in [0.25, 0.3) is 5.56 Å². The SMILES string of the molecule is Cn1c(=O)c(-c2c(Cl)cccc2Cl)cc2cnc(Nc3ccc(OC4CCC(N)CC4)cn3)nc21. The van der Waals surface area contributed by atoms with E-state index in [-0.39, 0.29) is 17.7 Å². The van der Waals surface area contributed by atoms with Crippen LogP contribution in [0.2, 0.25) is 10.0 Å². The zero-order valence-electron chi connectivity index (χ0n) is 19.0. The van der Waals surface area contributed by atoms with E-state index < -0.39 is 0 Å². The summed E-state index contributed by atoms with van der Waals surface area (Å²) < 4.78 is 7.48. The Labute approximate surface area is 212 Å². The van der Waals surface area contributed by atoms with Crippen molar-refractivity contribution < 1.29 is 4.74 Å². The lowest BCUT2D eigenvalue weighted by Crippen LogP contribution is -2.31. The third kappa shape index (κ3) is 4.96. The van der Waals surface area contributed by atoms with Gasteiger partial charge in [0.1, 0.15) is 17.2 Å². The molecule has 1 aliphatic carbocycles. The van der Waals surface area contributed by atoms with Crippen LogP contribution in [0, 0.1) is 0 Å². The third-order valence-electron chi connectivity index (χ3n) is 6.18. The Kier molecular flexibility index (Phi) is 6.60. The molecular weight excluding hydrogens is 487 g/mol. The standard InChI is InChI=1S/C25H24Cl2N6O2/c1-33-23-14(11-18(24(33)34)22-19(26)3-2-4-20(22)27)12-30-25(32-23)31-21-10-9-17(13-29-21)35-16-7-5-15(28)6-8-16/h2-4,9-13,15-16H,5-8,28H2,1H3,(H,29,30,31,32). The van der Waals surface area contributed by atoms with E-state index >= 15 is 0 Å². The van der Waals surface area contributed by atoms with Crippen LogP contribution in [0.4, 0.5) is 11.8 Å². The highest BCUT2D eigenvalue weighted by atomic mass is 35.5. The van der Waals surface area contributed by atoms with E-state index in [1.54, 1.807) is 49.8 Å². The highest BCUT2D eigenvalue weighted by Crippen LogP contribution is 2.33. The Bertz CT molecular complexity index is 1410. The van der Waals surface area contributed by atoms with E-state index in [0.717, 1.165) is 25.7 Å². The molecule has 1 aromatic carbocycles. The lowest BCUT2D eigenvalue weighted by atomic mass is 9.94. The molecule has 3 aromatic heterocycles. The highest BCUT2D eigenvalue weighted by Gasteiger charge is 2.20. The smallest absolute Gasteiger partial charge is 0.259 e. The van der Waals surface area contributed by atoms with Crippen LogP contribution in [0.25, 0.3) is 22.2 Å². The molecule has 0 unspecified atom stereocenters. The summed E-state index contributed by atoms with van der Waals surface area (Å²) >= 11 is 12.7. The van der Waals surface area contributed by atoms with Crippen molar-refractivity contribution in [2.45, 2.75) is 37.8 Å². The minimum Gasteiger partial charge on any atom is -0.489 e. The van der Waals surface area contributed by atoms with Crippen LogP contribution in [0.5, 0.6) is 5.75 Å². The lowest BCUT2D eigenvalue weighted by Gasteiger charge is -2.26. The van der Waals surface area contributed by atoms with Gasteiger partial charge in [0.2, 0.25) is 5.95 Å². The molecule has 0 amide bonds. The summed E-state index contributed by atoms with van der Waals surface area (Å²) in [5.74, 6) is 1.59. The number of benzene rings is 1. The molecule has 0 bridgehead atoms. The number of fused-ring (bicyclic) bond motifs is 1. The topological polar surface area (TPSA) is 108 Å². The van der Waals surface area contributed by atoms with E-state index in [4.69, 9.17) is 33.7 Å². The van der Waals surface area contributed by atoms with E-state index in [9.17, 15) is 4.79 Å². The van der Waals surface area contributed by atoms with Crippen LogP contribution in [-0.4, -0.2) is 31.7 Å². The Morgan fingerprint density at radius 3 is 2.49 bits per heavy atom. The number of aryl methyl sites for hydroxylation is 1. The second kappa shape index (κ2) is 9.81. The van der Waals surface area contributed by atoms with Crippen molar-refractivity contribution in [2.24, 2.45) is 12.8 Å². The predicted molar refractivity (Wildman–Crippen MR) is 139 cm³/mol. The van der Waals surface area contributed by atoms with Gasteiger partial charge in [-0.2, -0.15) is 4.98 Å². The number of aromatic nitrogens is 4. The number of hydrogen-bond acceptors (Lipinski definition) is 7. The van der Waals surface area contributed by atoms with Gasteiger partial charge in [-0.15, -0.1) is 0 Å². The highest BCUT2D eigenvalue weighted by molar-refractivity contribution is 6.39. The largest absolute Gasteiger partial charge is 0.489 e. The maximum Gasteiger partial charge on any atom is 0.259 e. The van der Waals surface area contributed by atoms with Gasteiger partial charge in [0, 0.05) is 30.2 Å². The maximum atomic E-state index is 13.1. The van der Waals surface area contributed by atoms with Gasteiger partial charge >= 0.3 is 0 Å². The number of nitrogens with one attached hydrogen (secondary N) is 1. The van der Waals surface area contributed by atoms with Gasteiger partial charge < -0.3 is 15.8 Å². The molecule has 0 atom stereocenters. The molecule has 35 heavy (non-hydrogen) atoms. The molecule has 5 rings (SSSR count). The molecule has 1 fully saturated rings. The average Bonchev–Trinajstić information content (AvgIpc) is 2.85. The first-order valence-corrected chi connectivity index (χ1v) is 12.1. The number of ether oxygens (including phenoxy) is 1. The summed E-state index contributed by atoms with van der Waals surface area (Å²) in [6, 6.07) is 10.8. The zero-order chi connectivity index (χ0) is 24.5. The van der Waals surface area contributed by atoms with Crippen LogP contribution in [0.15, 0.2) is 53.6 Å². The number of rotatable bonds is 5. The average molecular weight is 511 g/mol. The Morgan fingerprint density at radius 2 is 1.80 bits per heavy atom. The molecule has 4 aromatic rings. The van der Waals surface area contributed by atoms with E-state index in [1.165, 1.54) is 4.57 Å². The fourth-order valence-corrected chi connectivity index (χ4v) is 4.88. The van der Waals surface area contributed by atoms with Crippen molar-refractivity contribution in [3.8, 4) is 16.9 Å². The van der Waals surface area contributed by atoms with Gasteiger partial charge in [0.05, 0.1) is 27.9 Å². The van der Waals surface area contributed by atoms with Crippen molar-refractivity contribution in [1.29, 1.82) is 0 Å². The van der Waals surface area contributed by atoms with Crippen molar-refractivity contribution in [3.63, 3.8) is 0 Å². The summed E-state index contributed by atoms with van der Waals surface area (Å²) in [5.41, 5.74) is 7.04. The molecule has 3 heterocycles. The predicted octanol–water partition coefficient (Wildman–Crippen LogP) is 5.09. The monoisotopic (exact) mass is 510 g/mol. The molecule has 0 spiro atoms. The molecule has 1 aliphatic rings. The molecule has 3 N–H and O–H groups in total. The van der Waals surface area contributed by atoms with Gasteiger partial charge in [0.15, 0.2) is 0 Å². The Balaban J connectivity index is 1.37. The van der Waals surface area contributed by atoms with Crippen molar-refractivity contribution >= 4 is 46.0 Å². The summed E-state index contributed by atoms with van der Waals surface area (Å²) in [6.07, 6.45) is 7.35. The molecule has 0 aliphatic heterocycles. The maximum absolute atomic E-state index is 13.1. The quantitative estimate of drug-likeness (QED) is 0.384. The molecule has 180 valence electrons. The molecule has 0 saturated heterocycles. The van der Waals surface area contributed by atoms with Crippen LogP contribution in [0.1, 0.15) is 25.7 Å². The normalized spacial score (nSPS) is 17.9. The number of nitrogens with zero attached hydrogens (tertiary/aromatic N) is 4. The third-order valence-corrected chi connectivity index (χ3v) is 6.81. The number of pyridine rings is 2. The zero-order valence-corrected chi connectivity index (χ0v) is 20.6. The molecule has 0 radical (unpaired) electrons. The summed E-state index contributed by atoms with van der Waals surface area (Å²) in [6.45, 7) is 0. The van der Waals surface area contributed by atoms with Crippen LogP contribution < -0.4 is 21.3 Å². The molecule has 8 nitrogen and oxygen atoms in total. The number of halogens is 2. The molecular formula is C25H24Cl2N6O2. The molecule has 1 saturated carbocycles. The summed E-state index contributed by atoms with van der Waals surface area (Å²) in [7, 11) is 1.65. The Morgan fingerprint density at radius 1 is 1.06 bits per heavy atom. The van der Waals surface area contributed by atoms with Crippen molar-refractivity contribution in [3.05, 3.63) is 69.2 Å². The first-order chi connectivity index (χ1) is 16.9. The van der Waals surface area contributed by atoms with E-state index in [0.29, 0.717) is 49.7 Å². The van der Waals surface area contributed by atoms with Crippen LogP contribution in [0.3, 0.4) is 0 Å². The molecule has 10 heteroatoms. The minimum absolute atomic E-state index is 0.172. The van der Waals surface area contributed by atoms with Gasteiger partial charge in [-0.1, -0.05) is 29.3 Å². The minimum atomic E-state index is -0.263.